The lowest BCUT2D eigenvalue weighted by Crippen LogP contribution is -2.15. The van der Waals surface area contributed by atoms with Crippen molar-refractivity contribution in [1.29, 1.82) is 0 Å². The molecule has 0 spiro atoms. The van der Waals surface area contributed by atoms with Crippen LogP contribution in [0.25, 0.3) is 0 Å². The molecule has 0 atom stereocenters. The molecule has 0 saturated carbocycles. The van der Waals surface area contributed by atoms with Gasteiger partial charge in [-0.25, -0.2) is 9.97 Å². The van der Waals surface area contributed by atoms with Gasteiger partial charge in [0.25, 0.3) is 0 Å². The van der Waals surface area contributed by atoms with E-state index in [1.807, 2.05) is 12.1 Å². The molecule has 0 unspecified atom stereocenters. The van der Waals surface area contributed by atoms with Gasteiger partial charge in [0.1, 0.15) is 5.82 Å². The zero-order valence-corrected chi connectivity index (χ0v) is 12.2. The highest BCUT2D eigenvalue weighted by Crippen LogP contribution is 2.24. The van der Waals surface area contributed by atoms with Crippen LogP contribution < -0.4 is 0 Å². The van der Waals surface area contributed by atoms with Gasteiger partial charge in [-0.15, -0.1) is 0 Å². The Bertz CT molecular complexity index is 686. The van der Waals surface area contributed by atoms with Gasteiger partial charge in [0.05, 0.1) is 21.3 Å². The third kappa shape index (κ3) is 2.69. The Morgan fingerprint density at radius 3 is 2.80 bits per heavy atom. The Kier molecular flexibility index (Phi) is 3.72. The van der Waals surface area contributed by atoms with E-state index in [0.717, 1.165) is 24.1 Å². The van der Waals surface area contributed by atoms with Crippen LogP contribution in [0.4, 0.5) is 0 Å². The van der Waals surface area contributed by atoms with Crippen molar-refractivity contribution in [3.63, 3.8) is 0 Å². The Labute approximate surface area is 127 Å². The minimum atomic E-state index is 0.146. The number of ketones is 1. The van der Waals surface area contributed by atoms with Crippen LogP contribution >= 0.6 is 23.2 Å². The van der Waals surface area contributed by atoms with Gasteiger partial charge in [0, 0.05) is 19.0 Å². The van der Waals surface area contributed by atoms with E-state index in [-0.39, 0.29) is 5.78 Å². The van der Waals surface area contributed by atoms with Crippen LogP contribution in [0.1, 0.15) is 40.3 Å². The molecule has 0 amide bonds. The summed E-state index contributed by atoms with van der Waals surface area (Å²) in [6.45, 7) is 0. The van der Waals surface area contributed by atoms with Crippen LogP contribution in [0.15, 0.2) is 24.4 Å². The van der Waals surface area contributed by atoms with Gasteiger partial charge in [0.15, 0.2) is 5.78 Å². The van der Waals surface area contributed by atoms with Crippen molar-refractivity contribution < 1.29 is 4.79 Å². The van der Waals surface area contributed by atoms with Crippen molar-refractivity contribution >= 4 is 29.0 Å². The van der Waals surface area contributed by atoms with Gasteiger partial charge in [-0.1, -0.05) is 29.3 Å². The number of aromatic nitrogens is 2. The molecule has 1 aliphatic carbocycles. The average molecular weight is 307 g/mol. The third-order valence-electron chi connectivity index (χ3n) is 3.38. The Balaban J connectivity index is 1.88. The molecule has 0 radical (unpaired) electrons. The highest BCUT2D eigenvalue weighted by atomic mass is 35.5. The lowest BCUT2D eigenvalue weighted by atomic mass is 9.96. The summed E-state index contributed by atoms with van der Waals surface area (Å²) >= 11 is 11.9. The van der Waals surface area contributed by atoms with E-state index in [1.54, 1.807) is 12.3 Å². The molecule has 1 aromatic heterocycles. The molecular formula is C15H12Cl2N2O. The SMILES string of the molecule is O=C1CCCc2nc(Cc3ccc(Cl)c(Cl)c3)ncc21. The minimum absolute atomic E-state index is 0.146. The minimum Gasteiger partial charge on any atom is -0.294 e. The Morgan fingerprint density at radius 2 is 2.00 bits per heavy atom. The number of halogens is 2. The zero-order valence-electron chi connectivity index (χ0n) is 10.7. The highest BCUT2D eigenvalue weighted by molar-refractivity contribution is 6.42. The van der Waals surface area contributed by atoms with Crippen molar-refractivity contribution in [3.05, 3.63) is 57.1 Å². The molecular weight excluding hydrogens is 295 g/mol. The van der Waals surface area contributed by atoms with Crippen molar-refractivity contribution in [1.82, 2.24) is 9.97 Å². The van der Waals surface area contributed by atoms with Gasteiger partial charge in [-0.3, -0.25) is 4.79 Å². The topological polar surface area (TPSA) is 42.9 Å². The number of fused-ring (bicyclic) bond motifs is 1. The summed E-state index contributed by atoms with van der Waals surface area (Å²) in [6.07, 6.45) is 4.55. The van der Waals surface area contributed by atoms with Crippen molar-refractivity contribution in [2.24, 2.45) is 0 Å². The second kappa shape index (κ2) is 5.51. The first-order valence-corrected chi connectivity index (χ1v) is 7.21. The van der Waals surface area contributed by atoms with Gasteiger partial charge in [0.2, 0.25) is 0 Å². The first-order chi connectivity index (χ1) is 9.63. The molecule has 0 fully saturated rings. The highest BCUT2D eigenvalue weighted by Gasteiger charge is 2.19. The third-order valence-corrected chi connectivity index (χ3v) is 4.12. The number of Topliss-reactive ketones (excluding diaryl/α,β-unsaturated/α-hetero) is 1. The molecule has 20 heavy (non-hydrogen) atoms. The van der Waals surface area contributed by atoms with Gasteiger partial charge in [-0.05, 0) is 30.5 Å². The van der Waals surface area contributed by atoms with Crippen LogP contribution in [0.2, 0.25) is 10.0 Å². The molecule has 0 bridgehead atoms. The fourth-order valence-electron chi connectivity index (χ4n) is 2.35. The van der Waals surface area contributed by atoms with Crippen LogP contribution in [0.5, 0.6) is 0 Å². The first-order valence-electron chi connectivity index (χ1n) is 6.45. The predicted molar refractivity (Wildman–Crippen MR) is 78.6 cm³/mol. The van der Waals surface area contributed by atoms with Crippen molar-refractivity contribution in [2.45, 2.75) is 25.7 Å². The molecule has 3 nitrogen and oxygen atoms in total. The summed E-state index contributed by atoms with van der Waals surface area (Å²) in [5.74, 6) is 0.851. The lowest BCUT2D eigenvalue weighted by Gasteiger charge is -2.13. The quantitative estimate of drug-likeness (QED) is 0.845. The summed E-state index contributed by atoms with van der Waals surface area (Å²) < 4.78 is 0. The summed E-state index contributed by atoms with van der Waals surface area (Å²) in [7, 11) is 0. The Hall–Kier alpha value is -1.45. The molecule has 1 aliphatic rings. The second-order valence-electron chi connectivity index (χ2n) is 4.85. The molecule has 1 aromatic carbocycles. The van der Waals surface area contributed by atoms with E-state index in [9.17, 15) is 4.79 Å². The number of carbonyl (C=O) groups excluding carboxylic acids is 1. The number of hydrogen-bond acceptors (Lipinski definition) is 3. The van der Waals surface area contributed by atoms with E-state index in [1.165, 1.54) is 0 Å². The number of carbonyl (C=O) groups is 1. The molecule has 3 rings (SSSR count). The maximum absolute atomic E-state index is 11.7. The van der Waals surface area contributed by atoms with Crippen LogP contribution in [0, 0.1) is 0 Å². The monoisotopic (exact) mass is 306 g/mol. The van der Waals surface area contributed by atoms with E-state index in [4.69, 9.17) is 23.2 Å². The Morgan fingerprint density at radius 1 is 1.15 bits per heavy atom. The fraction of sp³-hybridized carbons (Fsp3) is 0.267. The smallest absolute Gasteiger partial charge is 0.166 e. The largest absolute Gasteiger partial charge is 0.294 e. The molecule has 0 N–H and O–H groups in total. The zero-order chi connectivity index (χ0) is 14.1. The first kappa shape index (κ1) is 13.5. The van der Waals surface area contributed by atoms with Gasteiger partial charge < -0.3 is 0 Å². The normalized spacial score (nSPS) is 14.2. The number of hydrogen-bond donors (Lipinski definition) is 0. The summed E-state index contributed by atoms with van der Waals surface area (Å²) in [5, 5.41) is 1.06. The van der Waals surface area contributed by atoms with Crippen molar-refractivity contribution in [2.75, 3.05) is 0 Å². The van der Waals surface area contributed by atoms with Crippen LogP contribution in [0.3, 0.4) is 0 Å². The number of benzene rings is 1. The predicted octanol–water partition coefficient (Wildman–Crippen LogP) is 3.89. The molecule has 102 valence electrons. The maximum Gasteiger partial charge on any atom is 0.166 e. The van der Waals surface area contributed by atoms with Gasteiger partial charge in [-0.2, -0.15) is 0 Å². The van der Waals surface area contributed by atoms with Crippen LogP contribution in [-0.2, 0) is 12.8 Å². The number of aryl methyl sites for hydroxylation is 1. The van der Waals surface area contributed by atoms with E-state index in [2.05, 4.69) is 9.97 Å². The molecule has 0 aliphatic heterocycles. The fourth-order valence-corrected chi connectivity index (χ4v) is 2.67. The van der Waals surface area contributed by atoms with Crippen molar-refractivity contribution in [3.8, 4) is 0 Å². The van der Waals surface area contributed by atoms with Gasteiger partial charge >= 0.3 is 0 Å². The summed E-state index contributed by atoms with van der Waals surface area (Å²) in [5.41, 5.74) is 2.54. The standard InChI is InChI=1S/C15H12Cl2N2O/c16-11-5-4-9(6-12(11)17)7-15-18-8-10-13(19-15)2-1-3-14(10)20/h4-6,8H,1-3,7H2. The molecule has 5 heteroatoms. The van der Waals surface area contributed by atoms with E-state index >= 15 is 0 Å². The average Bonchev–Trinajstić information content (AvgIpc) is 2.43. The molecule has 2 aromatic rings. The van der Waals surface area contributed by atoms with E-state index < -0.39 is 0 Å². The number of nitrogens with zero attached hydrogens (tertiary/aromatic N) is 2. The summed E-state index contributed by atoms with van der Waals surface area (Å²) in [4.78, 5) is 20.5. The second-order valence-corrected chi connectivity index (χ2v) is 5.66. The van der Waals surface area contributed by atoms with Crippen LogP contribution in [-0.4, -0.2) is 15.8 Å². The molecule has 0 saturated heterocycles. The molecule has 1 heterocycles. The lowest BCUT2D eigenvalue weighted by molar-refractivity contribution is 0.0971. The maximum atomic E-state index is 11.7. The summed E-state index contributed by atoms with van der Waals surface area (Å²) in [6, 6.07) is 5.49. The van der Waals surface area contributed by atoms with E-state index in [0.29, 0.717) is 34.3 Å². The number of rotatable bonds is 2.